The number of hydrogen-bond acceptors (Lipinski definition) is 3. The molecule has 2 aromatic carbocycles. The molecule has 0 radical (unpaired) electrons. The number of carbonyl (C=O) groups excluding carboxylic acids is 1. The van der Waals surface area contributed by atoms with Crippen LogP contribution in [0.1, 0.15) is 5.56 Å². The molecule has 21 heavy (non-hydrogen) atoms. The van der Waals surface area contributed by atoms with Gasteiger partial charge in [-0.1, -0.05) is 18.2 Å². The highest BCUT2D eigenvalue weighted by Gasteiger charge is 2.12. The van der Waals surface area contributed by atoms with Crippen LogP contribution in [0, 0.1) is 23.0 Å². The molecule has 0 aliphatic carbocycles. The van der Waals surface area contributed by atoms with E-state index in [1.165, 1.54) is 6.07 Å². The fourth-order valence-corrected chi connectivity index (χ4v) is 1.71. The van der Waals surface area contributed by atoms with Crippen LogP contribution in [-0.2, 0) is 4.79 Å². The summed E-state index contributed by atoms with van der Waals surface area (Å²) in [6, 6.07) is 11.9. The molecule has 0 saturated carbocycles. The predicted molar refractivity (Wildman–Crippen MR) is 74.6 cm³/mol. The maximum atomic E-state index is 13.4. The number of amides is 1. The van der Waals surface area contributed by atoms with Gasteiger partial charge in [0.2, 0.25) is 5.91 Å². The van der Waals surface area contributed by atoms with Gasteiger partial charge in [-0.25, -0.2) is 8.78 Å². The summed E-state index contributed by atoms with van der Waals surface area (Å²) in [7, 11) is 0. The van der Waals surface area contributed by atoms with Crippen molar-refractivity contribution < 1.29 is 13.6 Å². The lowest BCUT2D eigenvalue weighted by Crippen LogP contribution is -2.23. The third-order valence-corrected chi connectivity index (χ3v) is 2.71. The summed E-state index contributed by atoms with van der Waals surface area (Å²) in [4.78, 5) is 11.7. The zero-order valence-electron chi connectivity index (χ0n) is 10.9. The second-order valence-corrected chi connectivity index (χ2v) is 4.16. The molecule has 0 aliphatic heterocycles. The van der Waals surface area contributed by atoms with Crippen LogP contribution in [0.15, 0.2) is 42.5 Å². The molecule has 0 unspecified atom stereocenters. The summed E-state index contributed by atoms with van der Waals surface area (Å²) in [5, 5.41) is 13.8. The quantitative estimate of drug-likeness (QED) is 0.908. The SMILES string of the molecule is N#Cc1ccccc1NCC(=O)Nc1c(F)cccc1F. The van der Waals surface area contributed by atoms with E-state index in [0.29, 0.717) is 11.3 Å². The highest BCUT2D eigenvalue weighted by atomic mass is 19.1. The third kappa shape index (κ3) is 3.54. The number of anilines is 2. The molecular weight excluding hydrogens is 276 g/mol. The first-order valence-corrected chi connectivity index (χ1v) is 6.08. The first kappa shape index (κ1) is 14.5. The van der Waals surface area contributed by atoms with Gasteiger partial charge in [-0.05, 0) is 24.3 Å². The summed E-state index contributed by atoms with van der Waals surface area (Å²) in [6.07, 6.45) is 0. The number of rotatable bonds is 4. The molecule has 0 aliphatic rings. The minimum atomic E-state index is -0.847. The normalized spacial score (nSPS) is 9.76. The van der Waals surface area contributed by atoms with Gasteiger partial charge in [0.15, 0.2) is 0 Å². The molecule has 2 N–H and O–H groups in total. The summed E-state index contributed by atoms with van der Waals surface area (Å²) >= 11 is 0. The Labute approximate surface area is 120 Å². The minimum absolute atomic E-state index is 0.216. The summed E-state index contributed by atoms with van der Waals surface area (Å²) in [5.41, 5.74) is 0.365. The van der Waals surface area contributed by atoms with E-state index in [2.05, 4.69) is 10.6 Å². The Morgan fingerprint density at radius 1 is 1.10 bits per heavy atom. The van der Waals surface area contributed by atoms with E-state index >= 15 is 0 Å². The number of nitrogens with one attached hydrogen (secondary N) is 2. The van der Waals surface area contributed by atoms with Crippen LogP contribution >= 0.6 is 0 Å². The highest BCUT2D eigenvalue weighted by molar-refractivity contribution is 5.94. The number of para-hydroxylation sites is 2. The van der Waals surface area contributed by atoms with E-state index in [9.17, 15) is 13.6 Å². The number of nitriles is 1. The second kappa shape index (κ2) is 6.48. The molecule has 4 nitrogen and oxygen atoms in total. The molecule has 0 spiro atoms. The van der Waals surface area contributed by atoms with Crippen LogP contribution in [0.2, 0.25) is 0 Å². The molecule has 0 aromatic heterocycles. The Morgan fingerprint density at radius 3 is 2.43 bits per heavy atom. The monoisotopic (exact) mass is 287 g/mol. The van der Waals surface area contributed by atoms with Crippen molar-refractivity contribution in [1.29, 1.82) is 5.26 Å². The van der Waals surface area contributed by atoms with Crippen molar-refractivity contribution in [3.05, 3.63) is 59.7 Å². The van der Waals surface area contributed by atoms with Crippen LogP contribution in [0.5, 0.6) is 0 Å². The molecule has 0 heterocycles. The van der Waals surface area contributed by atoms with Crippen molar-refractivity contribution in [2.24, 2.45) is 0 Å². The fraction of sp³-hybridized carbons (Fsp3) is 0.0667. The Kier molecular flexibility index (Phi) is 4.46. The van der Waals surface area contributed by atoms with Gasteiger partial charge in [0, 0.05) is 0 Å². The topological polar surface area (TPSA) is 64.9 Å². The fourth-order valence-electron chi connectivity index (χ4n) is 1.71. The van der Waals surface area contributed by atoms with Crippen LogP contribution in [0.3, 0.4) is 0 Å². The molecular formula is C15H11F2N3O. The lowest BCUT2D eigenvalue weighted by atomic mass is 10.2. The van der Waals surface area contributed by atoms with Crippen LogP contribution < -0.4 is 10.6 Å². The zero-order chi connectivity index (χ0) is 15.2. The molecule has 1 amide bonds. The van der Waals surface area contributed by atoms with E-state index in [4.69, 9.17) is 5.26 Å². The number of carbonyl (C=O) groups is 1. The van der Waals surface area contributed by atoms with E-state index in [1.807, 2.05) is 6.07 Å². The van der Waals surface area contributed by atoms with Crippen molar-refractivity contribution in [3.63, 3.8) is 0 Å². The molecule has 2 aromatic rings. The van der Waals surface area contributed by atoms with Gasteiger partial charge in [-0.3, -0.25) is 4.79 Å². The molecule has 0 bridgehead atoms. The maximum absolute atomic E-state index is 13.4. The second-order valence-electron chi connectivity index (χ2n) is 4.16. The molecule has 106 valence electrons. The van der Waals surface area contributed by atoms with Crippen molar-refractivity contribution >= 4 is 17.3 Å². The van der Waals surface area contributed by atoms with E-state index in [1.54, 1.807) is 24.3 Å². The minimum Gasteiger partial charge on any atom is -0.375 e. The Balaban J connectivity index is 2.02. The molecule has 0 atom stereocenters. The highest BCUT2D eigenvalue weighted by Crippen LogP contribution is 2.18. The predicted octanol–water partition coefficient (Wildman–Crippen LogP) is 2.89. The average molecular weight is 287 g/mol. The third-order valence-electron chi connectivity index (χ3n) is 2.71. The molecule has 0 saturated heterocycles. The number of benzene rings is 2. The van der Waals surface area contributed by atoms with Crippen molar-refractivity contribution in [1.82, 2.24) is 0 Å². The van der Waals surface area contributed by atoms with Gasteiger partial charge in [-0.2, -0.15) is 5.26 Å². The number of halogens is 2. The van der Waals surface area contributed by atoms with Crippen molar-refractivity contribution in [2.75, 3.05) is 17.2 Å². The van der Waals surface area contributed by atoms with Crippen molar-refractivity contribution in [3.8, 4) is 6.07 Å². The Bertz CT molecular complexity index is 690. The van der Waals surface area contributed by atoms with E-state index in [-0.39, 0.29) is 6.54 Å². The zero-order valence-corrected chi connectivity index (χ0v) is 10.9. The first-order chi connectivity index (χ1) is 10.1. The Morgan fingerprint density at radius 2 is 1.76 bits per heavy atom. The van der Waals surface area contributed by atoms with E-state index < -0.39 is 23.2 Å². The van der Waals surface area contributed by atoms with Gasteiger partial charge in [-0.15, -0.1) is 0 Å². The van der Waals surface area contributed by atoms with E-state index in [0.717, 1.165) is 12.1 Å². The lowest BCUT2D eigenvalue weighted by molar-refractivity contribution is -0.114. The smallest absolute Gasteiger partial charge is 0.243 e. The van der Waals surface area contributed by atoms with Crippen LogP contribution in [-0.4, -0.2) is 12.5 Å². The summed E-state index contributed by atoms with van der Waals surface area (Å²) in [6.45, 7) is -0.216. The molecule has 2 rings (SSSR count). The van der Waals surface area contributed by atoms with Crippen LogP contribution in [0.4, 0.5) is 20.2 Å². The van der Waals surface area contributed by atoms with Crippen LogP contribution in [0.25, 0.3) is 0 Å². The van der Waals surface area contributed by atoms with Gasteiger partial charge >= 0.3 is 0 Å². The molecule has 6 heteroatoms. The van der Waals surface area contributed by atoms with Gasteiger partial charge in [0.25, 0.3) is 0 Å². The average Bonchev–Trinajstić information content (AvgIpc) is 2.49. The largest absolute Gasteiger partial charge is 0.375 e. The van der Waals surface area contributed by atoms with Gasteiger partial charge in [0.1, 0.15) is 23.4 Å². The van der Waals surface area contributed by atoms with Crippen molar-refractivity contribution in [2.45, 2.75) is 0 Å². The number of nitrogens with zero attached hydrogens (tertiary/aromatic N) is 1. The van der Waals surface area contributed by atoms with Gasteiger partial charge in [0.05, 0.1) is 17.8 Å². The van der Waals surface area contributed by atoms with Gasteiger partial charge < -0.3 is 10.6 Å². The Hall–Kier alpha value is -2.94. The maximum Gasteiger partial charge on any atom is 0.243 e. The first-order valence-electron chi connectivity index (χ1n) is 6.08. The summed E-state index contributed by atoms with van der Waals surface area (Å²) < 4.78 is 26.7. The lowest BCUT2D eigenvalue weighted by Gasteiger charge is -2.10. The number of hydrogen-bond donors (Lipinski definition) is 2. The standard InChI is InChI=1S/C15H11F2N3O/c16-11-5-3-6-12(17)15(11)20-14(21)9-19-13-7-2-1-4-10(13)8-18/h1-7,19H,9H2,(H,20,21). The molecule has 0 fully saturated rings. The summed E-state index contributed by atoms with van der Waals surface area (Å²) in [5.74, 6) is -2.31.